The van der Waals surface area contributed by atoms with E-state index >= 15 is 0 Å². The number of halogens is 2. The highest BCUT2D eigenvalue weighted by Crippen LogP contribution is 2.10. The highest BCUT2D eigenvalue weighted by atomic mass is 127. The molecule has 1 heterocycles. The Morgan fingerprint density at radius 1 is 1.07 bits per heavy atom. The second-order valence-electron chi connectivity index (χ2n) is 6.31. The molecule has 3 rings (SSSR count). The van der Waals surface area contributed by atoms with E-state index in [-0.39, 0.29) is 42.2 Å². The first kappa shape index (κ1) is 23.3. The van der Waals surface area contributed by atoms with Gasteiger partial charge in [0.15, 0.2) is 5.96 Å². The lowest BCUT2D eigenvalue weighted by atomic mass is 10.1. The van der Waals surface area contributed by atoms with Gasteiger partial charge in [-0.05, 0) is 41.5 Å². The van der Waals surface area contributed by atoms with Crippen LogP contribution in [0.2, 0.25) is 0 Å². The largest absolute Gasteiger partial charge is 0.352 e. The third kappa shape index (κ3) is 7.14. The molecule has 1 aromatic heterocycles. The molecular weight excluding hydrogens is 498 g/mol. The first-order valence-electron chi connectivity index (χ1n) is 9.18. The summed E-state index contributed by atoms with van der Waals surface area (Å²) < 4.78 is 14.8. The lowest BCUT2D eigenvalue weighted by molar-refractivity contribution is -0.115. The molecule has 0 bridgehead atoms. The van der Waals surface area contributed by atoms with Crippen LogP contribution in [0.25, 0.3) is 0 Å². The average Bonchev–Trinajstić information content (AvgIpc) is 3.24. The average molecular weight is 522 g/mol. The molecule has 7 nitrogen and oxygen atoms in total. The van der Waals surface area contributed by atoms with Crippen molar-refractivity contribution in [2.24, 2.45) is 4.99 Å². The van der Waals surface area contributed by atoms with Gasteiger partial charge < -0.3 is 16.0 Å². The van der Waals surface area contributed by atoms with Crippen molar-refractivity contribution in [1.82, 2.24) is 20.4 Å². The van der Waals surface area contributed by atoms with E-state index in [0.717, 1.165) is 11.1 Å². The van der Waals surface area contributed by atoms with Gasteiger partial charge in [0.05, 0.1) is 13.1 Å². The van der Waals surface area contributed by atoms with Crippen molar-refractivity contribution in [3.05, 3.63) is 83.9 Å². The molecule has 0 atom stereocenters. The van der Waals surface area contributed by atoms with E-state index in [1.165, 1.54) is 24.3 Å². The van der Waals surface area contributed by atoms with Gasteiger partial charge >= 0.3 is 0 Å². The number of guanidine groups is 1. The van der Waals surface area contributed by atoms with Crippen molar-refractivity contribution in [1.29, 1.82) is 0 Å². The van der Waals surface area contributed by atoms with E-state index in [4.69, 9.17) is 0 Å². The van der Waals surface area contributed by atoms with Gasteiger partial charge in [0.2, 0.25) is 5.91 Å². The summed E-state index contributed by atoms with van der Waals surface area (Å²) in [5, 5.41) is 13.1. The number of amides is 1. The van der Waals surface area contributed by atoms with Crippen LogP contribution in [0.1, 0.15) is 11.1 Å². The van der Waals surface area contributed by atoms with Crippen molar-refractivity contribution in [2.75, 3.05) is 18.9 Å². The third-order valence-electron chi connectivity index (χ3n) is 4.22. The van der Waals surface area contributed by atoms with Crippen molar-refractivity contribution in [3.63, 3.8) is 0 Å². The second-order valence-corrected chi connectivity index (χ2v) is 6.31. The van der Waals surface area contributed by atoms with Gasteiger partial charge in [-0.1, -0.05) is 24.3 Å². The monoisotopic (exact) mass is 522 g/mol. The highest BCUT2D eigenvalue weighted by Gasteiger charge is 2.07. The Morgan fingerprint density at radius 3 is 2.47 bits per heavy atom. The Kier molecular flexibility index (Phi) is 9.26. The van der Waals surface area contributed by atoms with Crippen LogP contribution in [0.3, 0.4) is 0 Å². The first-order chi connectivity index (χ1) is 14.1. The number of benzene rings is 2. The Labute approximate surface area is 191 Å². The van der Waals surface area contributed by atoms with E-state index in [1.54, 1.807) is 13.2 Å². The predicted molar refractivity (Wildman–Crippen MR) is 126 cm³/mol. The van der Waals surface area contributed by atoms with Gasteiger partial charge in [0.1, 0.15) is 5.82 Å². The third-order valence-corrected chi connectivity index (χ3v) is 4.22. The number of carbonyl (C=O) groups excluding carboxylic acids is 1. The molecule has 3 N–H and O–H groups in total. The minimum atomic E-state index is -0.349. The zero-order valence-corrected chi connectivity index (χ0v) is 18.8. The molecule has 158 valence electrons. The molecule has 0 aliphatic heterocycles. The van der Waals surface area contributed by atoms with Gasteiger partial charge in [-0.25, -0.2) is 4.39 Å². The Morgan fingerprint density at radius 2 is 1.80 bits per heavy atom. The first-order valence-corrected chi connectivity index (χ1v) is 9.18. The topological polar surface area (TPSA) is 83.3 Å². The molecule has 0 fully saturated rings. The van der Waals surface area contributed by atoms with Gasteiger partial charge in [-0.3, -0.25) is 14.5 Å². The van der Waals surface area contributed by atoms with E-state index in [0.29, 0.717) is 24.7 Å². The number of nitrogens with one attached hydrogen (secondary N) is 3. The van der Waals surface area contributed by atoms with Crippen molar-refractivity contribution in [2.45, 2.75) is 13.1 Å². The van der Waals surface area contributed by atoms with Gasteiger partial charge in [0.25, 0.3) is 0 Å². The van der Waals surface area contributed by atoms with E-state index in [9.17, 15) is 9.18 Å². The predicted octanol–water partition coefficient (Wildman–Crippen LogP) is 2.99. The van der Waals surface area contributed by atoms with E-state index in [2.05, 4.69) is 32.1 Å². The zero-order chi connectivity index (χ0) is 20.5. The van der Waals surface area contributed by atoms with Gasteiger partial charge in [-0.2, -0.15) is 5.10 Å². The summed E-state index contributed by atoms with van der Waals surface area (Å²) in [6.45, 7) is 1.26. The fraction of sp³-hybridized carbons (Fsp3) is 0.190. The van der Waals surface area contributed by atoms with Crippen molar-refractivity contribution >= 4 is 41.5 Å². The van der Waals surface area contributed by atoms with Crippen LogP contribution in [0.5, 0.6) is 0 Å². The van der Waals surface area contributed by atoms with E-state index < -0.39 is 0 Å². The zero-order valence-electron chi connectivity index (χ0n) is 16.5. The molecule has 0 saturated heterocycles. The quantitative estimate of drug-likeness (QED) is 0.253. The lowest BCUT2D eigenvalue weighted by Crippen LogP contribution is -2.41. The normalized spacial score (nSPS) is 10.8. The Balaban J connectivity index is 0.00000320. The van der Waals surface area contributed by atoms with Gasteiger partial charge in [0, 0.05) is 31.7 Å². The van der Waals surface area contributed by atoms with Crippen molar-refractivity contribution < 1.29 is 9.18 Å². The number of hydrogen-bond donors (Lipinski definition) is 3. The molecule has 9 heteroatoms. The number of nitrogens with zero attached hydrogens (tertiary/aromatic N) is 3. The molecule has 2 aromatic carbocycles. The van der Waals surface area contributed by atoms with Crippen LogP contribution >= 0.6 is 24.0 Å². The molecule has 0 saturated carbocycles. The number of hydrogen-bond acceptors (Lipinski definition) is 3. The van der Waals surface area contributed by atoms with Crippen LogP contribution in [-0.2, 0) is 17.9 Å². The number of aliphatic imine (C=N–C) groups is 1. The molecule has 0 spiro atoms. The number of rotatable bonds is 7. The Hall–Kier alpha value is -2.95. The highest BCUT2D eigenvalue weighted by molar-refractivity contribution is 14.0. The fourth-order valence-corrected chi connectivity index (χ4v) is 2.75. The van der Waals surface area contributed by atoms with Crippen LogP contribution < -0.4 is 16.0 Å². The summed E-state index contributed by atoms with van der Waals surface area (Å²) in [5.41, 5.74) is 2.80. The fourth-order valence-electron chi connectivity index (χ4n) is 2.75. The summed E-state index contributed by atoms with van der Waals surface area (Å²) in [4.78, 5) is 16.2. The number of carbonyl (C=O) groups is 1. The standard InChI is InChI=1S/C21H23FN6O.HI/c1-23-21(25-14-20(29)27-19-9-7-18(22)8-10-19)24-13-16-5-2-3-6-17(16)15-28-12-4-11-26-28;/h2-12H,13-15H2,1H3,(H,27,29)(H2,23,24,25);1H. The summed E-state index contributed by atoms with van der Waals surface area (Å²) >= 11 is 0. The minimum Gasteiger partial charge on any atom is -0.352 e. The van der Waals surface area contributed by atoms with Crippen LogP contribution in [0, 0.1) is 5.82 Å². The van der Waals surface area contributed by atoms with E-state index in [1.807, 2.05) is 35.1 Å². The minimum absolute atomic E-state index is 0. The van der Waals surface area contributed by atoms with Gasteiger partial charge in [-0.15, -0.1) is 24.0 Å². The maximum Gasteiger partial charge on any atom is 0.243 e. The number of aromatic nitrogens is 2. The smallest absolute Gasteiger partial charge is 0.243 e. The molecule has 30 heavy (non-hydrogen) atoms. The molecule has 0 radical (unpaired) electrons. The molecule has 0 unspecified atom stereocenters. The second kappa shape index (κ2) is 11.9. The van der Waals surface area contributed by atoms with Crippen LogP contribution in [0.15, 0.2) is 72.0 Å². The molecule has 1 amide bonds. The molecule has 3 aromatic rings. The molecule has 0 aliphatic carbocycles. The Bertz CT molecular complexity index is 960. The lowest BCUT2D eigenvalue weighted by Gasteiger charge is -2.14. The summed E-state index contributed by atoms with van der Waals surface area (Å²) in [6, 6.07) is 15.6. The maximum atomic E-state index is 12.9. The maximum absolute atomic E-state index is 12.9. The summed E-state index contributed by atoms with van der Waals surface area (Å²) in [5.74, 6) is -0.0923. The van der Waals surface area contributed by atoms with Crippen molar-refractivity contribution in [3.8, 4) is 0 Å². The van der Waals surface area contributed by atoms with Crippen LogP contribution in [0.4, 0.5) is 10.1 Å². The molecular formula is C21H24FIN6O. The summed E-state index contributed by atoms with van der Waals surface area (Å²) in [7, 11) is 1.64. The number of anilines is 1. The SMILES string of the molecule is CN=C(NCC(=O)Nc1ccc(F)cc1)NCc1ccccc1Cn1cccn1.I. The summed E-state index contributed by atoms with van der Waals surface area (Å²) in [6.07, 6.45) is 3.67. The van der Waals surface area contributed by atoms with Crippen LogP contribution in [-0.4, -0.2) is 35.2 Å². The molecule has 0 aliphatic rings.